The van der Waals surface area contributed by atoms with Crippen molar-refractivity contribution in [2.24, 2.45) is 5.41 Å². The molecular formula is C12H19N3O2S. The largest absolute Gasteiger partial charge is 0.344 e. The number of hydrogen-bond donors (Lipinski definition) is 2. The fourth-order valence-corrected chi connectivity index (χ4v) is 1.77. The van der Waals surface area contributed by atoms with E-state index in [4.69, 9.17) is 0 Å². The Morgan fingerprint density at radius 2 is 2.00 bits per heavy atom. The van der Waals surface area contributed by atoms with Gasteiger partial charge in [0, 0.05) is 16.5 Å². The molecule has 0 bridgehead atoms. The molecule has 0 fully saturated rings. The van der Waals surface area contributed by atoms with Gasteiger partial charge in [-0.3, -0.25) is 9.59 Å². The summed E-state index contributed by atoms with van der Waals surface area (Å²) in [6, 6.07) is -0.582. The van der Waals surface area contributed by atoms with Crippen molar-refractivity contribution in [1.82, 2.24) is 10.3 Å². The molecule has 0 aliphatic rings. The molecule has 6 heteroatoms. The molecule has 1 atom stereocenters. The summed E-state index contributed by atoms with van der Waals surface area (Å²) in [6.45, 7) is 8.98. The van der Waals surface area contributed by atoms with Crippen LogP contribution in [-0.2, 0) is 9.59 Å². The van der Waals surface area contributed by atoms with E-state index in [-0.39, 0.29) is 11.8 Å². The lowest BCUT2D eigenvalue weighted by molar-refractivity contribution is -0.131. The molecule has 0 aliphatic heterocycles. The van der Waals surface area contributed by atoms with E-state index in [1.54, 1.807) is 33.9 Å². The number of rotatable bonds is 3. The van der Waals surface area contributed by atoms with Crippen LogP contribution in [0.25, 0.3) is 0 Å². The summed E-state index contributed by atoms with van der Waals surface area (Å²) in [5, 5.41) is 5.90. The number of thiazole rings is 1. The molecule has 1 aromatic rings. The second-order valence-electron chi connectivity index (χ2n) is 5.21. The fraction of sp³-hybridized carbons (Fsp3) is 0.583. The van der Waals surface area contributed by atoms with Crippen LogP contribution in [0.15, 0.2) is 6.20 Å². The van der Waals surface area contributed by atoms with Crippen molar-refractivity contribution in [3.63, 3.8) is 0 Å². The molecule has 0 aliphatic carbocycles. The van der Waals surface area contributed by atoms with E-state index in [9.17, 15) is 9.59 Å². The first-order valence-corrected chi connectivity index (χ1v) is 6.56. The zero-order chi connectivity index (χ0) is 13.9. The normalized spacial score (nSPS) is 12.9. The number of carbonyl (C=O) groups excluding carboxylic acids is 2. The maximum Gasteiger partial charge on any atom is 0.248 e. The summed E-state index contributed by atoms with van der Waals surface area (Å²) in [6.07, 6.45) is 1.69. The van der Waals surface area contributed by atoms with Gasteiger partial charge in [-0.25, -0.2) is 4.98 Å². The first-order chi connectivity index (χ1) is 8.20. The van der Waals surface area contributed by atoms with Crippen molar-refractivity contribution < 1.29 is 9.59 Å². The number of hydrogen-bond acceptors (Lipinski definition) is 4. The summed E-state index contributed by atoms with van der Waals surface area (Å²) >= 11 is 1.40. The van der Waals surface area contributed by atoms with Gasteiger partial charge in [0.2, 0.25) is 11.8 Å². The second kappa shape index (κ2) is 5.48. The van der Waals surface area contributed by atoms with E-state index in [1.807, 2.05) is 6.92 Å². The van der Waals surface area contributed by atoms with Gasteiger partial charge in [0.15, 0.2) is 5.13 Å². The highest BCUT2D eigenvalue weighted by Crippen LogP contribution is 2.17. The van der Waals surface area contributed by atoms with Crippen LogP contribution >= 0.6 is 11.3 Å². The molecule has 2 amide bonds. The van der Waals surface area contributed by atoms with Gasteiger partial charge in [0.1, 0.15) is 6.04 Å². The highest BCUT2D eigenvalue weighted by Gasteiger charge is 2.25. The van der Waals surface area contributed by atoms with Gasteiger partial charge in [-0.05, 0) is 13.8 Å². The SMILES string of the molecule is Cc1cnc(NC(=O)[C@@H](C)NC(=O)C(C)(C)C)s1. The molecule has 0 spiro atoms. The van der Waals surface area contributed by atoms with Gasteiger partial charge in [-0.2, -0.15) is 0 Å². The molecule has 1 heterocycles. The first kappa shape index (κ1) is 14.6. The van der Waals surface area contributed by atoms with Gasteiger partial charge in [0.05, 0.1) is 0 Å². The van der Waals surface area contributed by atoms with E-state index in [0.29, 0.717) is 5.13 Å². The van der Waals surface area contributed by atoms with Crippen LogP contribution in [0.5, 0.6) is 0 Å². The molecule has 18 heavy (non-hydrogen) atoms. The average molecular weight is 269 g/mol. The highest BCUT2D eigenvalue weighted by molar-refractivity contribution is 7.15. The van der Waals surface area contributed by atoms with Crippen LogP contribution in [0.1, 0.15) is 32.6 Å². The number of aryl methyl sites for hydroxylation is 1. The molecule has 0 saturated heterocycles. The van der Waals surface area contributed by atoms with Crippen LogP contribution in [-0.4, -0.2) is 22.8 Å². The minimum absolute atomic E-state index is 0.152. The van der Waals surface area contributed by atoms with Crippen LogP contribution in [0.2, 0.25) is 0 Å². The monoisotopic (exact) mass is 269 g/mol. The average Bonchev–Trinajstić information content (AvgIpc) is 2.62. The predicted octanol–water partition coefficient (Wildman–Crippen LogP) is 1.94. The Morgan fingerprint density at radius 3 is 2.44 bits per heavy atom. The molecule has 1 rings (SSSR count). The van der Waals surface area contributed by atoms with Gasteiger partial charge in [-0.15, -0.1) is 11.3 Å². The lowest BCUT2D eigenvalue weighted by atomic mass is 9.95. The topological polar surface area (TPSA) is 71.1 Å². The summed E-state index contributed by atoms with van der Waals surface area (Å²) in [7, 11) is 0. The lowest BCUT2D eigenvalue weighted by Crippen LogP contribution is -2.46. The van der Waals surface area contributed by atoms with Crippen molar-refractivity contribution in [2.75, 3.05) is 5.32 Å². The number of nitrogens with one attached hydrogen (secondary N) is 2. The molecule has 0 aromatic carbocycles. The fourth-order valence-electron chi connectivity index (χ4n) is 1.10. The maximum absolute atomic E-state index is 11.8. The summed E-state index contributed by atoms with van der Waals surface area (Å²) in [4.78, 5) is 28.6. The Hall–Kier alpha value is -1.43. The number of anilines is 1. The maximum atomic E-state index is 11.8. The lowest BCUT2D eigenvalue weighted by Gasteiger charge is -2.21. The quantitative estimate of drug-likeness (QED) is 0.881. The molecule has 5 nitrogen and oxygen atoms in total. The second-order valence-corrected chi connectivity index (χ2v) is 6.45. The van der Waals surface area contributed by atoms with Crippen LogP contribution in [0, 0.1) is 12.3 Å². The molecule has 100 valence electrons. The van der Waals surface area contributed by atoms with Gasteiger partial charge in [0.25, 0.3) is 0 Å². The molecule has 2 N–H and O–H groups in total. The molecular weight excluding hydrogens is 250 g/mol. The Kier molecular flexibility index (Phi) is 4.45. The number of aromatic nitrogens is 1. The third-order valence-electron chi connectivity index (χ3n) is 2.27. The number of carbonyl (C=O) groups is 2. The zero-order valence-electron chi connectivity index (χ0n) is 11.3. The van der Waals surface area contributed by atoms with Crippen LogP contribution < -0.4 is 10.6 Å². The highest BCUT2D eigenvalue weighted by atomic mass is 32.1. The molecule has 1 aromatic heterocycles. The van der Waals surface area contributed by atoms with E-state index in [0.717, 1.165) is 4.88 Å². The van der Waals surface area contributed by atoms with Gasteiger partial charge >= 0.3 is 0 Å². The summed E-state index contributed by atoms with van der Waals surface area (Å²) in [5.74, 6) is -0.414. The van der Waals surface area contributed by atoms with Crippen molar-refractivity contribution >= 4 is 28.3 Å². The van der Waals surface area contributed by atoms with E-state index in [1.165, 1.54) is 11.3 Å². The van der Waals surface area contributed by atoms with Gasteiger partial charge < -0.3 is 10.6 Å². The Bertz CT molecular complexity index is 448. The standard InChI is InChI=1S/C12H19N3O2S/c1-7-6-13-11(18-7)15-9(16)8(2)14-10(17)12(3,4)5/h6,8H,1-5H3,(H,14,17)(H,13,15,16)/t8-/m1/s1. The Balaban J connectivity index is 2.54. The molecule has 0 unspecified atom stereocenters. The van der Waals surface area contributed by atoms with E-state index < -0.39 is 11.5 Å². The summed E-state index contributed by atoms with van der Waals surface area (Å²) < 4.78 is 0. The van der Waals surface area contributed by atoms with Crippen LogP contribution in [0.3, 0.4) is 0 Å². The minimum Gasteiger partial charge on any atom is -0.344 e. The first-order valence-electron chi connectivity index (χ1n) is 5.74. The Labute approximate surface area is 111 Å². The van der Waals surface area contributed by atoms with Crippen molar-refractivity contribution in [3.8, 4) is 0 Å². The zero-order valence-corrected chi connectivity index (χ0v) is 12.1. The van der Waals surface area contributed by atoms with E-state index in [2.05, 4.69) is 15.6 Å². The number of amides is 2. The number of nitrogens with zero attached hydrogens (tertiary/aromatic N) is 1. The molecule has 0 saturated carbocycles. The Morgan fingerprint density at radius 1 is 1.39 bits per heavy atom. The summed E-state index contributed by atoms with van der Waals surface area (Å²) in [5.41, 5.74) is -0.508. The predicted molar refractivity (Wildman–Crippen MR) is 72.5 cm³/mol. The van der Waals surface area contributed by atoms with Crippen molar-refractivity contribution in [2.45, 2.75) is 40.7 Å². The minimum atomic E-state index is -0.582. The van der Waals surface area contributed by atoms with Gasteiger partial charge in [-0.1, -0.05) is 20.8 Å². The smallest absolute Gasteiger partial charge is 0.248 e. The van der Waals surface area contributed by atoms with Crippen molar-refractivity contribution in [1.29, 1.82) is 0 Å². The van der Waals surface area contributed by atoms with Crippen molar-refractivity contribution in [3.05, 3.63) is 11.1 Å². The van der Waals surface area contributed by atoms with Crippen LogP contribution in [0.4, 0.5) is 5.13 Å². The molecule has 0 radical (unpaired) electrons. The van der Waals surface area contributed by atoms with E-state index >= 15 is 0 Å². The third kappa shape index (κ3) is 4.10. The third-order valence-corrected chi connectivity index (χ3v) is 3.10.